The standard InChI is InChI=1S/C18H17ClN2/c1-11-9-13(19)10-16-14-3-2-4-15(14)18(21-17(11)16)12-5-7-20-8-6-12/h2-3,5-10,14-15,18,21H,4H2,1H3/t14-,15+,18-/m0/s1. The van der Waals surface area contributed by atoms with Crippen LogP contribution in [0.5, 0.6) is 0 Å². The van der Waals surface area contributed by atoms with E-state index in [9.17, 15) is 0 Å². The maximum absolute atomic E-state index is 6.27. The first kappa shape index (κ1) is 12.9. The molecule has 0 fully saturated rings. The fourth-order valence-corrected chi connectivity index (χ4v) is 4.02. The Labute approximate surface area is 129 Å². The summed E-state index contributed by atoms with van der Waals surface area (Å²) in [5.41, 5.74) is 5.11. The average molecular weight is 297 g/mol. The molecule has 0 bridgehead atoms. The molecule has 2 heterocycles. The van der Waals surface area contributed by atoms with Gasteiger partial charge in [-0.2, -0.15) is 0 Å². The monoisotopic (exact) mass is 296 g/mol. The molecular formula is C18H17ClN2. The van der Waals surface area contributed by atoms with Crippen molar-refractivity contribution in [3.63, 3.8) is 0 Å². The lowest BCUT2D eigenvalue weighted by Gasteiger charge is -2.38. The minimum Gasteiger partial charge on any atom is -0.377 e. The van der Waals surface area contributed by atoms with Crippen LogP contribution in [-0.4, -0.2) is 4.98 Å². The van der Waals surface area contributed by atoms with Crippen molar-refractivity contribution in [2.75, 3.05) is 5.32 Å². The predicted octanol–water partition coefficient (Wildman–Crippen LogP) is 4.87. The molecule has 2 aromatic rings. The highest BCUT2D eigenvalue weighted by Gasteiger charge is 2.38. The van der Waals surface area contributed by atoms with E-state index in [1.807, 2.05) is 18.5 Å². The van der Waals surface area contributed by atoms with E-state index >= 15 is 0 Å². The largest absolute Gasteiger partial charge is 0.377 e. The molecule has 1 aromatic heterocycles. The van der Waals surface area contributed by atoms with Gasteiger partial charge in [0.05, 0.1) is 6.04 Å². The molecule has 1 aliphatic carbocycles. The van der Waals surface area contributed by atoms with Crippen LogP contribution < -0.4 is 5.32 Å². The van der Waals surface area contributed by atoms with Gasteiger partial charge in [0.15, 0.2) is 0 Å². The first-order valence-electron chi connectivity index (χ1n) is 7.37. The number of hydrogen-bond donors (Lipinski definition) is 1. The molecule has 3 atom stereocenters. The Kier molecular flexibility index (Phi) is 3.00. The number of benzene rings is 1. The quantitative estimate of drug-likeness (QED) is 0.759. The molecule has 0 saturated carbocycles. The summed E-state index contributed by atoms with van der Waals surface area (Å²) in [7, 11) is 0. The smallest absolute Gasteiger partial charge is 0.0555 e. The topological polar surface area (TPSA) is 24.9 Å². The molecule has 2 nitrogen and oxygen atoms in total. The van der Waals surface area contributed by atoms with Crippen molar-refractivity contribution in [1.29, 1.82) is 0 Å². The Balaban J connectivity index is 1.84. The SMILES string of the molecule is Cc1cc(Cl)cc2c1N[C@@H](c1ccncc1)[C@@H]1CC=C[C@H]21. The molecule has 1 aromatic carbocycles. The third kappa shape index (κ3) is 2.06. The van der Waals surface area contributed by atoms with Crippen LogP contribution in [0.2, 0.25) is 5.02 Å². The molecule has 0 unspecified atom stereocenters. The summed E-state index contributed by atoms with van der Waals surface area (Å²) < 4.78 is 0. The lowest BCUT2D eigenvalue weighted by Crippen LogP contribution is -2.29. The van der Waals surface area contributed by atoms with E-state index in [-0.39, 0.29) is 0 Å². The van der Waals surface area contributed by atoms with E-state index < -0.39 is 0 Å². The highest BCUT2D eigenvalue weighted by atomic mass is 35.5. The van der Waals surface area contributed by atoms with Crippen molar-refractivity contribution in [1.82, 2.24) is 4.98 Å². The number of hydrogen-bond acceptors (Lipinski definition) is 2. The highest BCUT2D eigenvalue weighted by molar-refractivity contribution is 6.30. The first-order valence-corrected chi connectivity index (χ1v) is 7.75. The van der Waals surface area contributed by atoms with Crippen LogP contribution in [0.15, 0.2) is 48.8 Å². The number of aromatic nitrogens is 1. The van der Waals surface area contributed by atoms with Crippen molar-refractivity contribution in [3.8, 4) is 0 Å². The second kappa shape index (κ2) is 4.88. The van der Waals surface area contributed by atoms with Crippen LogP contribution in [-0.2, 0) is 0 Å². The Morgan fingerprint density at radius 3 is 2.86 bits per heavy atom. The number of aryl methyl sites for hydroxylation is 1. The molecule has 3 heteroatoms. The second-order valence-electron chi connectivity index (χ2n) is 5.94. The Morgan fingerprint density at radius 1 is 1.24 bits per heavy atom. The summed E-state index contributed by atoms with van der Waals surface area (Å²) in [4.78, 5) is 4.14. The van der Waals surface area contributed by atoms with Crippen molar-refractivity contribution >= 4 is 17.3 Å². The summed E-state index contributed by atoms with van der Waals surface area (Å²) in [6.45, 7) is 2.13. The third-order valence-corrected chi connectivity index (χ3v) is 4.91. The van der Waals surface area contributed by atoms with Gasteiger partial charge < -0.3 is 5.32 Å². The lowest BCUT2D eigenvalue weighted by atomic mass is 9.76. The molecule has 21 heavy (non-hydrogen) atoms. The van der Waals surface area contributed by atoms with Crippen molar-refractivity contribution in [2.45, 2.75) is 25.3 Å². The normalized spacial score (nSPS) is 26.1. The van der Waals surface area contributed by atoms with Crippen LogP contribution >= 0.6 is 11.6 Å². The number of nitrogens with one attached hydrogen (secondary N) is 1. The fourth-order valence-electron chi connectivity index (χ4n) is 3.74. The number of fused-ring (bicyclic) bond motifs is 3. The van der Waals surface area contributed by atoms with Crippen molar-refractivity contribution in [2.24, 2.45) is 5.92 Å². The molecule has 1 N–H and O–H groups in total. The van der Waals surface area contributed by atoms with Gasteiger partial charge in [0, 0.05) is 29.0 Å². The van der Waals surface area contributed by atoms with Crippen molar-refractivity contribution < 1.29 is 0 Å². The van der Waals surface area contributed by atoms with E-state index in [0.717, 1.165) is 11.4 Å². The predicted molar refractivity (Wildman–Crippen MR) is 86.8 cm³/mol. The molecule has 0 amide bonds. The minimum absolute atomic E-state index is 0.334. The first-order chi connectivity index (χ1) is 10.2. The second-order valence-corrected chi connectivity index (χ2v) is 6.38. The van der Waals surface area contributed by atoms with Crippen LogP contribution in [0.4, 0.5) is 5.69 Å². The van der Waals surface area contributed by atoms with Gasteiger partial charge in [-0.05, 0) is 60.2 Å². The van der Waals surface area contributed by atoms with E-state index in [4.69, 9.17) is 11.6 Å². The Bertz CT molecular complexity index is 709. The Hall–Kier alpha value is -1.80. The molecule has 1 aliphatic heterocycles. The average Bonchev–Trinajstić information content (AvgIpc) is 2.97. The molecule has 4 rings (SSSR count). The van der Waals surface area contributed by atoms with Crippen LogP contribution in [0, 0.1) is 12.8 Å². The molecule has 0 spiro atoms. The zero-order valence-corrected chi connectivity index (χ0v) is 12.6. The van der Waals surface area contributed by atoms with Gasteiger partial charge >= 0.3 is 0 Å². The van der Waals surface area contributed by atoms with E-state index in [1.165, 1.54) is 22.4 Å². The van der Waals surface area contributed by atoms with E-state index in [0.29, 0.717) is 17.9 Å². The highest BCUT2D eigenvalue weighted by Crippen LogP contribution is 2.51. The summed E-state index contributed by atoms with van der Waals surface area (Å²) in [6, 6.07) is 8.72. The van der Waals surface area contributed by atoms with Gasteiger partial charge in [-0.1, -0.05) is 23.8 Å². The number of nitrogens with zero attached hydrogens (tertiary/aromatic N) is 1. The van der Waals surface area contributed by atoms with Gasteiger partial charge in [-0.25, -0.2) is 0 Å². The number of anilines is 1. The Morgan fingerprint density at radius 2 is 2.05 bits per heavy atom. The summed E-state index contributed by atoms with van der Waals surface area (Å²) in [6.07, 6.45) is 9.50. The van der Waals surface area contributed by atoms with Gasteiger partial charge in [0.1, 0.15) is 0 Å². The summed E-state index contributed by atoms with van der Waals surface area (Å²) in [5.74, 6) is 1.01. The van der Waals surface area contributed by atoms with Crippen LogP contribution in [0.1, 0.15) is 35.1 Å². The minimum atomic E-state index is 0.334. The maximum Gasteiger partial charge on any atom is 0.0555 e. The number of rotatable bonds is 1. The number of pyridine rings is 1. The van der Waals surface area contributed by atoms with E-state index in [1.54, 1.807) is 0 Å². The third-order valence-electron chi connectivity index (χ3n) is 4.70. The maximum atomic E-state index is 6.27. The van der Waals surface area contributed by atoms with Crippen LogP contribution in [0.25, 0.3) is 0 Å². The van der Waals surface area contributed by atoms with Gasteiger partial charge in [-0.3, -0.25) is 4.98 Å². The number of allylic oxidation sites excluding steroid dienone is 2. The van der Waals surface area contributed by atoms with Gasteiger partial charge in [0.2, 0.25) is 0 Å². The summed E-state index contributed by atoms with van der Waals surface area (Å²) >= 11 is 6.27. The van der Waals surface area contributed by atoms with Crippen molar-refractivity contribution in [3.05, 3.63) is 70.5 Å². The molecule has 0 radical (unpaired) electrons. The van der Waals surface area contributed by atoms with Gasteiger partial charge in [0.25, 0.3) is 0 Å². The lowest BCUT2D eigenvalue weighted by molar-refractivity contribution is 0.425. The molecule has 0 saturated heterocycles. The number of halogens is 1. The van der Waals surface area contributed by atoms with E-state index in [2.05, 4.69) is 47.6 Å². The van der Waals surface area contributed by atoms with Gasteiger partial charge in [-0.15, -0.1) is 0 Å². The molecule has 2 aliphatic rings. The van der Waals surface area contributed by atoms with Crippen LogP contribution in [0.3, 0.4) is 0 Å². The zero-order chi connectivity index (χ0) is 14.4. The molecular weight excluding hydrogens is 280 g/mol. The zero-order valence-electron chi connectivity index (χ0n) is 11.9. The fraction of sp³-hybridized carbons (Fsp3) is 0.278. The summed E-state index contributed by atoms with van der Waals surface area (Å²) in [5, 5.41) is 4.58. The molecule has 106 valence electrons.